The molecule has 1 saturated carbocycles. The van der Waals surface area contributed by atoms with Crippen LogP contribution in [0.25, 0.3) is 15.4 Å². The molecule has 2 fully saturated rings. The van der Waals surface area contributed by atoms with E-state index in [0.717, 1.165) is 22.8 Å². The average molecular weight is 482 g/mol. The molecule has 1 aliphatic carbocycles. The molecule has 168 valence electrons. The second-order valence-corrected chi connectivity index (χ2v) is 10.6. The first-order valence-electron chi connectivity index (χ1n) is 10.7. The zero-order chi connectivity index (χ0) is 22.7. The molecule has 0 radical (unpaired) electrons. The molecule has 4 aromatic rings. The zero-order valence-electron chi connectivity index (χ0n) is 17.7. The molecular weight excluding hydrogens is 461 g/mol. The van der Waals surface area contributed by atoms with E-state index >= 15 is 0 Å². The van der Waals surface area contributed by atoms with Gasteiger partial charge in [0.1, 0.15) is 17.2 Å². The van der Waals surface area contributed by atoms with Gasteiger partial charge in [-0.2, -0.15) is 0 Å². The molecular formula is C23H20FN5O2S2. The van der Waals surface area contributed by atoms with Crippen LogP contribution >= 0.6 is 22.7 Å². The van der Waals surface area contributed by atoms with Gasteiger partial charge < -0.3 is 10.2 Å². The molecule has 2 amide bonds. The van der Waals surface area contributed by atoms with Crippen LogP contribution in [0.3, 0.4) is 0 Å². The molecule has 3 aromatic heterocycles. The first kappa shape index (κ1) is 20.5. The van der Waals surface area contributed by atoms with Gasteiger partial charge in [0.15, 0.2) is 4.96 Å². The maximum absolute atomic E-state index is 13.8. The van der Waals surface area contributed by atoms with E-state index in [1.165, 1.54) is 34.8 Å². The normalized spacial score (nSPS) is 21.4. The van der Waals surface area contributed by atoms with Crippen molar-refractivity contribution in [3.63, 3.8) is 0 Å². The number of thiazole rings is 2. The van der Waals surface area contributed by atoms with Crippen LogP contribution in [-0.2, 0) is 0 Å². The predicted molar refractivity (Wildman–Crippen MR) is 124 cm³/mol. The summed E-state index contributed by atoms with van der Waals surface area (Å²) in [7, 11) is 0. The molecule has 1 aliphatic heterocycles. The number of benzene rings is 1. The summed E-state index contributed by atoms with van der Waals surface area (Å²) in [6, 6.07) is 6.34. The van der Waals surface area contributed by atoms with Crippen molar-refractivity contribution in [2.75, 3.05) is 6.54 Å². The molecule has 10 heteroatoms. The second-order valence-electron chi connectivity index (χ2n) is 8.50. The topological polar surface area (TPSA) is 79.6 Å². The molecule has 1 aromatic carbocycles. The third-order valence-corrected chi connectivity index (χ3v) is 8.14. The number of piperidine rings is 1. The number of fused-ring (bicyclic) bond motifs is 2. The molecule has 0 spiro atoms. The molecule has 3 atom stereocenters. The fraction of sp³-hybridized carbons (Fsp3) is 0.304. The number of carbonyl (C=O) groups excluding carboxylic acids is 2. The highest BCUT2D eigenvalue weighted by Crippen LogP contribution is 2.48. The quantitative estimate of drug-likeness (QED) is 0.467. The Morgan fingerprint density at radius 3 is 3.03 bits per heavy atom. The SMILES string of the molecule is Cc1nc(C(=O)N2C3CC3C[C@H]2CNC(=O)c2cnc3sccn23)c(-c2cccc(F)c2)s1. The number of hydrogen-bond donors (Lipinski definition) is 1. The van der Waals surface area contributed by atoms with Crippen molar-refractivity contribution in [2.45, 2.75) is 31.8 Å². The highest BCUT2D eigenvalue weighted by Gasteiger charge is 2.54. The number of likely N-dealkylation sites (tertiary alicyclic amines) is 1. The first-order chi connectivity index (χ1) is 16.0. The standard InChI is InChI=1S/C23H20FN5O2S2/c1-12-27-19(20(33-12)13-3-2-4-15(24)7-13)22(31)29-16(8-14-9-17(14)29)10-25-21(30)18-11-26-23-28(18)5-6-32-23/h2-7,11,14,16-17H,8-10H2,1H3,(H,25,30)/t14?,16-,17?/m0/s1. The number of imidazole rings is 1. The fourth-order valence-electron chi connectivity index (χ4n) is 4.77. The molecule has 6 rings (SSSR count). The van der Waals surface area contributed by atoms with E-state index in [4.69, 9.17) is 0 Å². The number of rotatable bonds is 5. The fourth-order valence-corrected chi connectivity index (χ4v) is 6.37. The zero-order valence-corrected chi connectivity index (χ0v) is 19.3. The number of amides is 2. The number of halogens is 1. The van der Waals surface area contributed by atoms with Gasteiger partial charge >= 0.3 is 0 Å². The largest absolute Gasteiger partial charge is 0.349 e. The monoisotopic (exact) mass is 481 g/mol. The van der Waals surface area contributed by atoms with E-state index in [9.17, 15) is 14.0 Å². The number of aryl methyl sites for hydroxylation is 1. The number of nitrogens with one attached hydrogen (secondary N) is 1. The summed E-state index contributed by atoms with van der Waals surface area (Å²) in [6.45, 7) is 2.22. The van der Waals surface area contributed by atoms with Crippen molar-refractivity contribution >= 4 is 39.4 Å². The molecule has 2 unspecified atom stereocenters. The van der Waals surface area contributed by atoms with Crippen LogP contribution in [0.4, 0.5) is 4.39 Å². The Balaban J connectivity index is 1.23. The minimum atomic E-state index is -0.347. The summed E-state index contributed by atoms with van der Waals surface area (Å²) in [5.41, 5.74) is 1.50. The number of nitrogens with zero attached hydrogens (tertiary/aromatic N) is 4. The van der Waals surface area contributed by atoms with Crippen molar-refractivity contribution in [1.29, 1.82) is 0 Å². The minimum Gasteiger partial charge on any atom is -0.349 e. The average Bonchev–Trinajstić information content (AvgIpc) is 3.21. The van der Waals surface area contributed by atoms with Crippen molar-refractivity contribution < 1.29 is 14.0 Å². The molecule has 1 N–H and O–H groups in total. The smallest absolute Gasteiger partial charge is 0.274 e. The van der Waals surface area contributed by atoms with Crippen molar-refractivity contribution in [3.05, 3.63) is 64.3 Å². The third kappa shape index (κ3) is 3.53. The Labute approximate surface area is 196 Å². The molecule has 2 aliphatic rings. The lowest BCUT2D eigenvalue weighted by Crippen LogP contribution is -2.45. The van der Waals surface area contributed by atoms with Crippen LogP contribution in [0.2, 0.25) is 0 Å². The van der Waals surface area contributed by atoms with Crippen LogP contribution in [0.5, 0.6) is 0 Å². The third-order valence-electron chi connectivity index (χ3n) is 6.35. The van der Waals surface area contributed by atoms with Gasteiger partial charge in [0.25, 0.3) is 11.8 Å². The molecule has 4 heterocycles. The summed E-state index contributed by atoms with van der Waals surface area (Å²) in [5, 5.41) is 5.63. The van der Waals surface area contributed by atoms with Crippen LogP contribution in [0.15, 0.2) is 42.0 Å². The van der Waals surface area contributed by atoms with Crippen LogP contribution in [-0.4, -0.2) is 49.7 Å². The second kappa shape index (κ2) is 7.74. The predicted octanol–water partition coefficient (Wildman–Crippen LogP) is 4.00. The Hall–Kier alpha value is -3.11. The van der Waals surface area contributed by atoms with Crippen LogP contribution < -0.4 is 5.32 Å². The van der Waals surface area contributed by atoms with Crippen molar-refractivity contribution in [3.8, 4) is 10.4 Å². The number of carbonyl (C=O) groups is 2. The van der Waals surface area contributed by atoms with Gasteiger partial charge in [-0.05, 0) is 43.4 Å². The van der Waals surface area contributed by atoms with E-state index in [1.54, 1.807) is 22.7 Å². The Kier molecular flexibility index (Phi) is 4.81. The Bertz CT molecular complexity index is 1390. The molecule has 33 heavy (non-hydrogen) atoms. The van der Waals surface area contributed by atoms with Crippen LogP contribution in [0.1, 0.15) is 38.8 Å². The molecule has 1 saturated heterocycles. The van der Waals surface area contributed by atoms with E-state index in [0.29, 0.717) is 34.3 Å². The van der Waals surface area contributed by atoms with Gasteiger partial charge in [-0.25, -0.2) is 14.4 Å². The molecule has 0 bridgehead atoms. The summed E-state index contributed by atoms with van der Waals surface area (Å²) in [5.74, 6) is -0.237. The maximum atomic E-state index is 13.8. The highest BCUT2D eigenvalue weighted by atomic mass is 32.1. The van der Waals surface area contributed by atoms with E-state index in [2.05, 4.69) is 15.3 Å². The highest BCUT2D eigenvalue weighted by molar-refractivity contribution is 7.15. The number of aromatic nitrogens is 3. The Morgan fingerprint density at radius 2 is 2.18 bits per heavy atom. The molecule has 7 nitrogen and oxygen atoms in total. The first-order valence-corrected chi connectivity index (χ1v) is 12.4. The van der Waals surface area contributed by atoms with Gasteiger partial charge in [0.2, 0.25) is 0 Å². The van der Waals surface area contributed by atoms with Crippen LogP contribution in [0, 0.1) is 18.7 Å². The number of hydrogen-bond acceptors (Lipinski definition) is 6. The van der Waals surface area contributed by atoms with Gasteiger partial charge in [-0.3, -0.25) is 14.0 Å². The summed E-state index contributed by atoms with van der Waals surface area (Å²) < 4.78 is 15.6. The minimum absolute atomic E-state index is 0.0987. The van der Waals surface area contributed by atoms with E-state index < -0.39 is 0 Å². The van der Waals surface area contributed by atoms with Gasteiger partial charge in [0.05, 0.1) is 22.1 Å². The van der Waals surface area contributed by atoms with Crippen molar-refractivity contribution in [1.82, 2.24) is 24.6 Å². The van der Waals surface area contributed by atoms with E-state index in [-0.39, 0.29) is 29.7 Å². The lowest BCUT2D eigenvalue weighted by molar-refractivity contribution is 0.0684. The van der Waals surface area contributed by atoms with Gasteiger partial charge in [-0.1, -0.05) is 12.1 Å². The summed E-state index contributed by atoms with van der Waals surface area (Å²) in [4.78, 5) is 38.5. The lowest BCUT2D eigenvalue weighted by atomic mass is 10.1. The summed E-state index contributed by atoms with van der Waals surface area (Å²) in [6.07, 6.45) is 5.22. The lowest BCUT2D eigenvalue weighted by Gasteiger charge is -2.27. The van der Waals surface area contributed by atoms with Gasteiger partial charge in [0, 0.05) is 24.2 Å². The Morgan fingerprint density at radius 1 is 1.30 bits per heavy atom. The van der Waals surface area contributed by atoms with Crippen molar-refractivity contribution in [2.24, 2.45) is 5.92 Å². The van der Waals surface area contributed by atoms with E-state index in [1.807, 2.05) is 23.4 Å². The maximum Gasteiger partial charge on any atom is 0.274 e. The van der Waals surface area contributed by atoms with Gasteiger partial charge in [-0.15, -0.1) is 22.7 Å². The summed E-state index contributed by atoms with van der Waals surface area (Å²) >= 11 is 2.86.